The fourth-order valence-electron chi connectivity index (χ4n) is 3.34. The molecule has 2 N–H and O–H groups in total. The van der Waals surface area contributed by atoms with Gasteiger partial charge in [-0.25, -0.2) is 9.67 Å². The van der Waals surface area contributed by atoms with E-state index in [0.29, 0.717) is 29.3 Å². The molecule has 0 bridgehead atoms. The molecule has 0 unspecified atom stereocenters. The molecule has 3 aromatic heterocycles. The van der Waals surface area contributed by atoms with E-state index in [0.717, 1.165) is 11.3 Å². The predicted molar refractivity (Wildman–Crippen MR) is 126 cm³/mol. The number of hydrogen-bond acceptors (Lipinski definition) is 5. The van der Waals surface area contributed by atoms with Gasteiger partial charge in [-0.1, -0.05) is 20.8 Å². The zero-order valence-electron chi connectivity index (χ0n) is 19.9. The Bertz CT molecular complexity index is 1160. The van der Waals surface area contributed by atoms with E-state index in [4.69, 9.17) is 5.10 Å². The van der Waals surface area contributed by atoms with Crippen LogP contribution in [0.2, 0.25) is 0 Å². The zero-order valence-corrected chi connectivity index (χ0v) is 19.9. The molecule has 3 heterocycles. The van der Waals surface area contributed by atoms with Gasteiger partial charge in [0.25, 0.3) is 5.56 Å². The van der Waals surface area contributed by atoms with Crippen molar-refractivity contribution in [3.05, 3.63) is 57.9 Å². The van der Waals surface area contributed by atoms with E-state index in [9.17, 15) is 9.59 Å². The van der Waals surface area contributed by atoms with Gasteiger partial charge in [0.05, 0.1) is 11.2 Å². The van der Waals surface area contributed by atoms with E-state index in [1.807, 2.05) is 31.5 Å². The number of H-pyrrole nitrogens is 1. The van der Waals surface area contributed by atoms with Gasteiger partial charge in [-0.05, 0) is 46.2 Å². The Kier molecular flexibility index (Phi) is 6.34. The molecule has 170 valence electrons. The highest BCUT2D eigenvalue weighted by atomic mass is 16.1. The number of amides is 1. The summed E-state index contributed by atoms with van der Waals surface area (Å²) in [6.45, 7) is 14.2. The van der Waals surface area contributed by atoms with Crippen LogP contribution in [0.25, 0.3) is 11.4 Å². The molecular formula is C24H32N6O2. The van der Waals surface area contributed by atoms with Crippen LogP contribution in [-0.4, -0.2) is 30.6 Å². The molecule has 0 aliphatic heterocycles. The molecule has 1 amide bonds. The lowest BCUT2D eigenvalue weighted by Crippen LogP contribution is -2.27. The molecule has 3 rings (SSSR count). The SMILES string of the molecule is Cc1nc(-c2ccncc2)[nH]c(=O)c1CCC(=O)Nc1cc(C(C)(C)C)nn1C(C)(C)C. The molecule has 0 spiro atoms. The summed E-state index contributed by atoms with van der Waals surface area (Å²) in [5, 5.41) is 7.70. The lowest BCUT2D eigenvalue weighted by Gasteiger charge is -2.23. The number of nitrogens with one attached hydrogen (secondary N) is 2. The number of hydrogen-bond donors (Lipinski definition) is 2. The van der Waals surface area contributed by atoms with Gasteiger partial charge in [-0.2, -0.15) is 5.10 Å². The van der Waals surface area contributed by atoms with Gasteiger partial charge in [0.1, 0.15) is 11.6 Å². The quantitative estimate of drug-likeness (QED) is 0.630. The maximum Gasteiger partial charge on any atom is 0.254 e. The van der Waals surface area contributed by atoms with Crippen LogP contribution in [0.4, 0.5) is 5.82 Å². The Hall–Kier alpha value is -3.29. The second kappa shape index (κ2) is 8.68. The maximum atomic E-state index is 12.7. The normalized spacial score (nSPS) is 12.1. The van der Waals surface area contributed by atoms with Crippen LogP contribution in [0.5, 0.6) is 0 Å². The van der Waals surface area contributed by atoms with Crippen molar-refractivity contribution in [2.45, 2.75) is 72.3 Å². The number of anilines is 1. The summed E-state index contributed by atoms with van der Waals surface area (Å²) in [6, 6.07) is 5.50. The highest BCUT2D eigenvalue weighted by Gasteiger charge is 2.25. The van der Waals surface area contributed by atoms with Crippen molar-refractivity contribution in [1.82, 2.24) is 24.7 Å². The third-order valence-electron chi connectivity index (χ3n) is 5.16. The molecule has 0 aliphatic carbocycles. The second-order valence-corrected chi connectivity index (χ2v) is 10.0. The number of rotatable bonds is 5. The van der Waals surface area contributed by atoms with Crippen LogP contribution in [-0.2, 0) is 22.2 Å². The van der Waals surface area contributed by atoms with Crippen molar-refractivity contribution in [1.29, 1.82) is 0 Å². The Morgan fingerprint density at radius 3 is 2.34 bits per heavy atom. The minimum Gasteiger partial charge on any atom is -0.311 e. The summed E-state index contributed by atoms with van der Waals surface area (Å²) >= 11 is 0. The maximum absolute atomic E-state index is 12.7. The smallest absolute Gasteiger partial charge is 0.254 e. The Morgan fingerprint density at radius 1 is 1.12 bits per heavy atom. The average Bonchev–Trinajstić information content (AvgIpc) is 3.12. The molecule has 0 saturated carbocycles. The number of pyridine rings is 1. The average molecular weight is 437 g/mol. The molecular weight excluding hydrogens is 404 g/mol. The topological polar surface area (TPSA) is 106 Å². The van der Waals surface area contributed by atoms with Crippen LogP contribution >= 0.6 is 0 Å². The van der Waals surface area contributed by atoms with E-state index >= 15 is 0 Å². The highest BCUT2D eigenvalue weighted by Crippen LogP contribution is 2.28. The number of carbonyl (C=O) groups excluding carboxylic acids is 1. The molecule has 0 aromatic carbocycles. The molecule has 0 radical (unpaired) electrons. The number of carbonyl (C=O) groups is 1. The Balaban J connectivity index is 1.76. The summed E-state index contributed by atoms with van der Waals surface area (Å²) in [5.41, 5.74) is 2.17. The predicted octanol–water partition coefficient (Wildman–Crippen LogP) is 3.96. The summed E-state index contributed by atoms with van der Waals surface area (Å²) in [4.78, 5) is 36.7. The summed E-state index contributed by atoms with van der Waals surface area (Å²) in [6.07, 6.45) is 3.76. The van der Waals surface area contributed by atoms with Gasteiger partial charge >= 0.3 is 0 Å². The van der Waals surface area contributed by atoms with Crippen molar-refractivity contribution in [3.8, 4) is 11.4 Å². The molecule has 8 heteroatoms. The van der Waals surface area contributed by atoms with Gasteiger partial charge in [0.2, 0.25) is 5.91 Å². The fraction of sp³-hybridized carbons (Fsp3) is 0.458. The Morgan fingerprint density at radius 2 is 1.78 bits per heavy atom. The first kappa shape index (κ1) is 23.4. The van der Waals surface area contributed by atoms with Crippen LogP contribution in [0.15, 0.2) is 35.4 Å². The van der Waals surface area contributed by atoms with E-state index in [1.165, 1.54) is 0 Å². The molecule has 0 fully saturated rings. The van der Waals surface area contributed by atoms with Crippen molar-refractivity contribution in [3.63, 3.8) is 0 Å². The van der Waals surface area contributed by atoms with Crippen molar-refractivity contribution in [2.24, 2.45) is 0 Å². The first-order valence-electron chi connectivity index (χ1n) is 10.8. The first-order valence-corrected chi connectivity index (χ1v) is 10.8. The lowest BCUT2D eigenvalue weighted by atomic mass is 9.92. The minimum absolute atomic E-state index is 0.136. The first-order chi connectivity index (χ1) is 14.9. The fourth-order valence-corrected chi connectivity index (χ4v) is 3.34. The highest BCUT2D eigenvalue weighted by molar-refractivity contribution is 5.90. The largest absolute Gasteiger partial charge is 0.311 e. The number of aromatic nitrogens is 5. The number of aromatic amines is 1. The molecule has 0 saturated heterocycles. The number of nitrogens with zero attached hydrogens (tertiary/aromatic N) is 4. The van der Waals surface area contributed by atoms with Gasteiger partial charge in [-0.15, -0.1) is 0 Å². The Labute approximate surface area is 188 Å². The van der Waals surface area contributed by atoms with E-state index in [2.05, 4.69) is 41.0 Å². The third kappa shape index (κ3) is 5.30. The van der Waals surface area contributed by atoms with Gasteiger partial charge in [-0.3, -0.25) is 14.6 Å². The number of aryl methyl sites for hydroxylation is 1. The lowest BCUT2D eigenvalue weighted by molar-refractivity contribution is -0.116. The van der Waals surface area contributed by atoms with Crippen LogP contribution in [0.3, 0.4) is 0 Å². The molecule has 3 aromatic rings. The standard InChI is InChI=1S/C24H32N6O2/c1-15-17(22(32)28-21(26-15)16-10-12-25-13-11-16)8-9-20(31)27-19-14-18(23(2,3)4)29-30(19)24(5,6)7/h10-14H,8-9H2,1-7H3,(H,27,31)(H,26,28,32). The third-order valence-corrected chi connectivity index (χ3v) is 5.16. The van der Waals surface area contributed by atoms with Crippen molar-refractivity contribution < 1.29 is 4.79 Å². The van der Waals surface area contributed by atoms with Gasteiger partial charge in [0, 0.05) is 47.1 Å². The van der Waals surface area contributed by atoms with Crippen molar-refractivity contribution >= 4 is 11.7 Å². The molecule has 0 atom stereocenters. The van der Waals surface area contributed by atoms with Crippen molar-refractivity contribution in [2.75, 3.05) is 5.32 Å². The van der Waals surface area contributed by atoms with Gasteiger partial charge < -0.3 is 10.3 Å². The van der Waals surface area contributed by atoms with Crippen LogP contribution in [0, 0.1) is 6.92 Å². The summed E-state index contributed by atoms with van der Waals surface area (Å²) in [7, 11) is 0. The molecule has 0 aliphatic rings. The van der Waals surface area contributed by atoms with Crippen LogP contribution in [0.1, 0.15) is 64.9 Å². The van der Waals surface area contributed by atoms with E-state index in [-0.39, 0.29) is 28.8 Å². The van der Waals surface area contributed by atoms with E-state index < -0.39 is 0 Å². The molecule has 8 nitrogen and oxygen atoms in total. The summed E-state index contributed by atoms with van der Waals surface area (Å²) < 4.78 is 1.84. The second-order valence-electron chi connectivity index (χ2n) is 10.0. The zero-order chi connectivity index (χ0) is 23.7. The minimum atomic E-state index is -0.285. The van der Waals surface area contributed by atoms with Gasteiger partial charge in [0.15, 0.2) is 0 Å². The molecule has 32 heavy (non-hydrogen) atoms. The van der Waals surface area contributed by atoms with E-state index in [1.54, 1.807) is 31.5 Å². The monoisotopic (exact) mass is 436 g/mol. The van der Waals surface area contributed by atoms with Crippen LogP contribution < -0.4 is 10.9 Å². The summed E-state index contributed by atoms with van der Waals surface area (Å²) in [5.74, 6) is 0.976.